The molecule has 0 saturated carbocycles. The van der Waals surface area contributed by atoms with E-state index in [4.69, 9.17) is 0 Å². The van der Waals surface area contributed by atoms with Crippen LogP contribution in [0.5, 0.6) is 0 Å². The second kappa shape index (κ2) is 6.05. The third-order valence-electron chi connectivity index (χ3n) is 3.67. The summed E-state index contributed by atoms with van der Waals surface area (Å²) >= 11 is 0. The Hall–Kier alpha value is -1.88. The molecular weight excluding hydrogens is 254 g/mol. The highest BCUT2D eigenvalue weighted by Gasteiger charge is 2.36. The highest BCUT2D eigenvalue weighted by molar-refractivity contribution is 6.02. The predicted octanol–water partition coefficient (Wildman–Crippen LogP) is 1.57. The Balaban J connectivity index is 2.17. The first-order valence-corrected chi connectivity index (χ1v) is 6.85. The molecule has 0 radical (unpaired) electrons. The molecule has 2 rings (SSSR count). The van der Waals surface area contributed by atoms with E-state index in [1.54, 1.807) is 4.90 Å². The second-order valence-corrected chi connectivity index (χ2v) is 5.19. The van der Waals surface area contributed by atoms with E-state index >= 15 is 0 Å². The van der Waals surface area contributed by atoms with Crippen molar-refractivity contribution >= 4 is 11.9 Å². The number of nitrogens with zero attached hydrogens (tertiary/aromatic N) is 3. The molecule has 0 aromatic heterocycles. The molecule has 5 heteroatoms. The molecule has 3 amide bonds. The average Bonchev–Trinajstić information content (AvgIpc) is 2.71. The van der Waals surface area contributed by atoms with Gasteiger partial charge in [-0.3, -0.25) is 9.69 Å². The molecule has 1 fully saturated rings. The van der Waals surface area contributed by atoms with Crippen LogP contribution >= 0.6 is 0 Å². The molecule has 0 bridgehead atoms. The highest BCUT2D eigenvalue weighted by atomic mass is 16.2. The summed E-state index contributed by atoms with van der Waals surface area (Å²) in [5.74, 6) is -0.111. The normalized spacial score (nSPS) is 17.2. The van der Waals surface area contributed by atoms with Gasteiger partial charge in [-0.25, -0.2) is 4.79 Å². The van der Waals surface area contributed by atoms with E-state index in [9.17, 15) is 9.59 Å². The maximum atomic E-state index is 12.1. The number of benzene rings is 1. The molecule has 0 aliphatic carbocycles. The van der Waals surface area contributed by atoms with Crippen LogP contribution in [0.15, 0.2) is 30.3 Å². The number of hydrogen-bond acceptors (Lipinski definition) is 3. The quantitative estimate of drug-likeness (QED) is 0.766. The zero-order valence-corrected chi connectivity index (χ0v) is 12.2. The van der Waals surface area contributed by atoms with Gasteiger partial charge >= 0.3 is 6.03 Å². The number of hydrogen-bond donors (Lipinski definition) is 0. The van der Waals surface area contributed by atoms with Crippen LogP contribution in [-0.2, 0) is 4.79 Å². The van der Waals surface area contributed by atoms with Gasteiger partial charge in [0, 0.05) is 6.54 Å². The minimum atomic E-state index is -0.180. The molecule has 5 nitrogen and oxygen atoms in total. The molecule has 1 aromatic rings. The van der Waals surface area contributed by atoms with Gasteiger partial charge in [-0.15, -0.1) is 0 Å². The molecule has 108 valence electrons. The fourth-order valence-corrected chi connectivity index (χ4v) is 2.44. The van der Waals surface area contributed by atoms with Crippen molar-refractivity contribution < 1.29 is 9.59 Å². The van der Waals surface area contributed by atoms with E-state index in [-0.39, 0.29) is 24.5 Å². The van der Waals surface area contributed by atoms with Crippen LogP contribution in [0.3, 0.4) is 0 Å². The van der Waals surface area contributed by atoms with Crippen molar-refractivity contribution in [2.75, 3.05) is 33.7 Å². The van der Waals surface area contributed by atoms with Crippen molar-refractivity contribution in [1.29, 1.82) is 0 Å². The zero-order chi connectivity index (χ0) is 14.7. The summed E-state index contributed by atoms with van der Waals surface area (Å²) in [6.07, 6.45) is 0. The molecule has 1 aliphatic heterocycles. The lowest BCUT2D eigenvalue weighted by molar-refractivity contribution is -0.125. The molecular formula is C15H21N3O2. The van der Waals surface area contributed by atoms with E-state index < -0.39 is 0 Å². The number of imide groups is 1. The van der Waals surface area contributed by atoms with Gasteiger partial charge in [0.1, 0.15) is 6.54 Å². The van der Waals surface area contributed by atoms with Crippen molar-refractivity contribution in [1.82, 2.24) is 14.7 Å². The smallest absolute Gasteiger partial charge is 0.315 e. The van der Waals surface area contributed by atoms with Crippen molar-refractivity contribution in [2.24, 2.45) is 0 Å². The fourth-order valence-electron chi connectivity index (χ4n) is 2.44. The van der Waals surface area contributed by atoms with Gasteiger partial charge in [-0.1, -0.05) is 30.3 Å². The summed E-state index contributed by atoms with van der Waals surface area (Å²) in [5, 5.41) is 0. The summed E-state index contributed by atoms with van der Waals surface area (Å²) in [5.41, 5.74) is 1.10. The number of carbonyl (C=O) groups excluding carboxylic acids is 2. The van der Waals surface area contributed by atoms with Crippen molar-refractivity contribution in [2.45, 2.75) is 13.0 Å². The lowest BCUT2D eigenvalue weighted by Gasteiger charge is -2.28. The van der Waals surface area contributed by atoms with E-state index in [1.807, 2.05) is 56.3 Å². The van der Waals surface area contributed by atoms with Gasteiger partial charge < -0.3 is 9.80 Å². The standard InChI is InChI=1S/C15H21N3O2/c1-4-17-11-14(19)18(15(17)20)10-13(16(2)3)12-8-6-5-7-9-12/h5-9,13H,4,10-11H2,1-3H3/t13-/m1/s1. The molecule has 1 aromatic carbocycles. The summed E-state index contributed by atoms with van der Waals surface area (Å²) in [6.45, 7) is 3.05. The zero-order valence-electron chi connectivity index (χ0n) is 12.2. The maximum Gasteiger partial charge on any atom is 0.327 e. The summed E-state index contributed by atoms with van der Waals surface area (Å²) in [4.78, 5) is 29.1. The molecule has 1 saturated heterocycles. The molecule has 0 N–H and O–H groups in total. The Morgan fingerprint density at radius 3 is 2.35 bits per heavy atom. The molecule has 20 heavy (non-hydrogen) atoms. The van der Waals surface area contributed by atoms with Crippen LogP contribution in [0, 0.1) is 0 Å². The summed E-state index contributed by atoms with van der Waals surface area (Å²) in [7, 11) is 3.92. The lowest BCUT2D eigenvalue weighted by Crippen LogP contribution is -2.39. The largest absolute Gasteiger partial charge is 0.327 e. The SMILES string of the molecule is CCN1CC(=O)N(C[C@H](c2ccccc2)N(C)C)C1=O. The molecule has 1 aliphatic rings. The second-order valence-electron chi connectivity index (χ2n) is 5.19. The lowest BCUT2D eigenvalue weighted by atomic mass is 10.1. The van der Waals surface area contributed by atoms with Crippen molar-refractivity contribution in [3.8, 4) is 0 Å². The van der Waals surface area contributed by atoms with Crippen LogP contribution in [0.4, 0.5) is 4.79 Å². The Morgan fingerprint density at radius 1 is 1.20 bits per heavy atom. The number of carbonyl (C=O) groups is 2. The topological polar surface area (TPSA) is 43.9 Å². The number of urea groups is 1. The van der Waals surface area contributed by atoms with Gasteiger partial charge in [0.25, 0.3) is 0 Å². The minimum Gasteiger partial charge on any atom is -0.315 e. The highest BCUT2D eigenvalue weighted by Crippen LogP contribution is 2.22. The van der Waals surface area contributed by atoms with Gasteiger partial charge in [-0.05, 0) is 26.6 Å². The van der Waals surface area contributed by atoms with Gasteiger partial charge in [0.2, 0.25) is 5.91 Å². The van der Waals surface area contributed by atoms with E-state index in [1.165, 1.54) is 4.90 Å². The van der Waals surface area contributed by atoms with E-state index in [0.717, 1.165) is 5.56 Å². The van der Waals surface area contributed by atoms with E-state index in [0.29, 0.717) is 13.1 Å². The van der Waals surface area contributed by atoms with Crippen molar-refractivity contribution in [3.05, 3.63) is 35.9 Å². The Kier molecular flexibility index (Phi) is 4.39. The van der Waals surface area contributed by atoms with Crippen LogP contribution in [0.2, 0.25) is 0 Å². The first kappa shape index (κ1) is 14.5. The maximum absolute atomic E-state index is 12.1. The number of amides is 3. The number of likely N-dealkylation sites (N-methyl/N-ethyl adjacent to an activating group) is 2. The number of rotatable bonds is 5. The molecule has 0 spiro atoms. The summed E-state index contributed by atoms with van der Waals surface area (Å²) in [6, 6.07) is 9.78. The first-order chi connectivity index (χ1) is 9.54. The monoisotopic (exact) mass is 275 g/mol. The predicted molar refractivity (Wildman–Crippen MR) is 77.2 cm³/mol. The average molecular weight is 275 g/mol. The Morgan fingerprint density at radius 2 is 1.85 bits per heavy atom. The molecule has 1 atom stereocenters. The third kappa shape index (κ3) is 2.82. The Bertz CT molecular complexity index is 487. The molecule has 0 unspecified atom stereocenters. The van der Waals surface area contributed by atoms with Crippen molar-refractivity contribution in [3.63, 3.8) is 0 Å². The third-order valence-corrected chi connectivity index (χ3v) is 3.67. The molecule has 1 heterocycles. The van der Waals surface area contributed by atoms with E-state index in [2.05, 4.69) is 0 Å². The van der Waals surface area contributed by atoms with Crippen LogP contribution < -0.4 is 0 Å². The first-order valence-electron chi connectivity index (χ1n) is 6.85. The fraction of sp³-hybridized carbons (Fsp3) is 0.467. The summed E-state index contributed by atoms with van der Waals surface area (Å²) < 4.78 is 0. The van der Waals surface area contributed by atoms with Crippen LogP contribution in [0.1, 0.15) is 18.5 Å². The Labute approximate surface area is 119 Å². The van der Waals surface area contributed by atoms with Gasteiger partial charge in [0.05, 0.1) is 12.6 Å². The minimum absolute atomic E-state index is 0.0147. The van der Waals surface area contributed by atoms with Crippen LogP contribution in [-0.4, -0.2) is 60.4 Å². The van der Waals surface area contributed by atoms with Gasteiger partial charge in [-0.2, -0.15) is 0 Å². The van der Waals surface area contributed by atoms with Gasteiger partial charge in [0.15, 0.2) is 0 Å². The van der Waals surface area contributed by atoms with Crippen LogP contribution in [0.25, 0.3) is 0 Å².